The molecule has 0 saturated carbocycles. The van der Waals surface area contributed by atoms with Gasteiger partial charge in [-0.25, -0.2) is 0 Å². The van der Waals surface area contributed by atoms with Crippen molar-refractivity contribution >= 4 is 33.0 Å². The van der Waals surface area contributed by atoms with Crippen molar-refractivity contribution < 1.29 is 9.53 Å². The number of hydrogen-bond acceptors (Lipinski definition) is 3. The molecule has 1 aromatic heterocycles. The average Bonchev–Trinajstić information content (AvgIpc) is 2.52. The number of allylic oxidation sites excluding steroid dienone is 1. The van der Waals surface area contributed by atoms with Gasteiger partial charge in [-0.3, -0.25) is 4.79 Å². The molecule has 1 atom stereocenters. The number of thiophene rings is 1. The van der Waals surface area contributed by atoms with E-state index in [-0.39, 0.29) is 5.78 Å². The van der Waals surface area contributed by atoms with Gasteiger partial charge in [-0.15, -0.1) is 11.3 Å². The Bertz CT molecular complexity index is 397. The van der Waals surface area contributed by atoms with Crippen molar-refractivity contribution in [3.8, 4) is 0 Å². The first kappa shape index (κ1) is 9.93. The van der Waals surface area contributed by atoms with Crippen molar-refractivity contribution in [3.63, 3.8) is 0 Å². The molecular formula is C10H9BrO2S. The zero-order valence-corrected chi connectivity index (χ0v) is 10.0. The van der Waals surface area contributed by atoms with Gasteiger partial charge in [-0.2, -0.15) is 0 Å². The quantitative estimate of drug-likeness (QED) is 0.785. The smallest absolute Gasteiger partial charge is 0.163 e. The monoisotopic (exact) mass is 272 g/mol. The Morgan fingerprint density at radius 3 is 3.00 bits per heavy atom. The zero-order chi connectivity index (χ0) is 10.2. The van der Waals surface area contributed by atoms with Crippen molar-refractivity contribution in [3.05, 3.63) is 33.1 Å². The molecule has 1 aliphatic heterocycles. The first-order valence-corrected chi connectivity index (χ1v) is 5.89. The van der Waals surface area contributed by atoms with Crippen LogP contribution in [0.2, 0.25) is 0 Å². The topological polar surface area (TPSA) is 26.3 Å². The summed E-state index contributed by atoms with van der Waals surface area (Å²) >= 11 is 4.99. The number of ether oxygens (including phenoxy) is 1. The molecule has 0 amide bonds. The van der Waals surface area contributed by atoms with Gasteiger partial charge in [0.15, 0.2) is 5.78 Å². The van der Waals surface area contributed by atoms with Crippen molar-refractivity contribution in [2.75, 3.05) is 0 Å². The third kappa shape index (κ3) is 1.77. The first-order valence-electron chi connectivity index (χ1n) is 4.22. The van der Waals surface area contributed by atoms with Crippen LogP contribution < -0.4 is 0 Å². The minimum absolute atomic E-state index is 0.114. The summed E-state index contributed by atoms with van der Waals surface area (Å²) in [6.45, 7) is 1.94. The first-order chi connectivity index (χ1) is 6.60. The maximum atomic E-state index is 11.3. The SMILES string of the molecule is CC1(c2cc(Br)cs2)CC(=O)C=CO1. The standard InChI is InChI=1S/C10H9BrO2S/c1-10(5-8(12)2-3-13-10)9-4-7(11)6-14-9/h2-4,6H,5H2,1H3. The van der Waals surface area contributed by atoms with Crippen LogP contribution in [0.25, 0.3) is 0 Å². The van der Waals surface area contributed by atoms with Crippen molar-refractivity contribution in [1.82, 2.24) is 0 Å². The van der Waals surface area contributed by atoms with E-state index in [4.69, 9.17) is 4.74 Å². The number of rotatable bonds is 1. The van der Waals surface area contributed by atoms with Crippen LogP contribution in [-0.4, -0.2) is 5.78 Å². The summed E-state index contributed by atoms with van der Waals surface area (Å²) in [6, 6.07) is 2.00. The van der Waals surface area contributed by atoms with Gasteiger partial charge in [0.05, 0.1) is 12.7 Å². The number of ketones is 1. The highest BCUT2D eigenvalue weighted by Crippen LogP contribution is 2.37. The number of halogens is 1. The van der Waals surface area contributed by atoms with Crippen LogP contribution >= 0.6 is 27.3 Å². The average molecular weight is 273 g/mol. The Labute approximate surface area is 94.7 Å². The highest BCUT2D eigenvalue weighted by atomic mass is 79.9. The highest BCUT2D eigenvalue weighted by Gasteiger charge is 2.33. The summed E-state index contributed by atoms with van der Waals surface area (Å²) in [4.78, 5) is 12.4. The molecule has 0 radical (unpaired) electrons. The fourth-order valence-corrected chi connectivity index (χ4v) is 2.96. The Hall–Kier alpha value is -0.610. The van der Waals surface area contributed by atoms with E-state index >= 15 is 0 Å². The molecule has 2 rings (SSSR count). The molecule has 0 aliphatic carbocycles. The van der Waals surface area contributed by atoms with Crippen LogP contribution in [-0.2, 0) is 15.1 Å². The fourth-order valence-electron chi connectivity index (χ4n) is 1.43. The van der Waals surface area contributed by atoms with Crippen LogP contribution in [0.3, 0.4) is 0 Å². The minimum Gasteiger partial charge on any atom is -0.489 e. The van der Waals surface area contributed by atoms with Crippen molar-refractivity contribution in [2.24, 2.45) is 0 Å². The highest BCUT2D eigenvalue weighted by molar-refractivity contribution is 9.10. The lowest BCUT2D eigenvalue weighted by atomic mass is 9.95. The Morgan fingerprint density at radius 2 is 2.43 bits per heavy atom. The third-order valence-electron chi connectivity index (χ3n) is 2.18. The molecule has 1 aromatic rings. The van der Waals surface area contributed by atoms with Gasteiger partial charge in [-0.1, -0.05) is 0 Å². The molecule has 0 bridgehead atoms. The zero-order valence-electron chi connectivity index (χ0n) is 7.62. The second-order valence-electron chi connectivity index (χ2n) is 3.42. The summed E-state index contributed by atoms with van der Waals surface area (Å²) in [6.07, 6.45) is 3.38. The number of carbonyl (C=O) groups excluding carboxylic acids is 1. The van der Waals surface area contributed by atoms with E-state index in [0.29, 0.717) is 6.42 Å². The normalized spacial score (nSPS) is 26.3. The maximum Gasteiger partial charge on any atom is 0.163 e. The Morgan fingerprint density at radius 1 is 1.64 bits per heavy atom. The largest absolute Gasteiger partial charge is 0.489 e. The molecule has 0 N–H and O–H groups in total. The second-order valence-corrected chi connectivity index (χ2v) is 5.25. The van der Waals surface area contributed by atoms with Gasteiger partial charge in [0.2, 0.25) is 0 Å². The summed E-state index contributed by atoms with van der Waals surface area (Å²) < 4.78 is 6.56. The third-order valence-corrected chi connectivity index (χ3v) is 4.12. The maximum absolute atomic E-state index is 11.3. The van der Waals surface area contributed by atoms with Gasteiger partial charge in [0.25, 0.3) is 0 Å². The van der Waals surface area contributed by atoms with E-state index in [2.05, 4.69) is 15.9 Å². The Kier molecular flexibility index (Phi) is 2.49. The molecule has 1 aliphatic rings. The lowest BCUT2D eigenvalue weighted by Crippen LogP contribution is -2.28. The van der Waals surface area contributed by atoms with E-state index in [9.17, 15) is 4.79 Å². The molecular weight excluding hydrogens is 264 g/mol. The molecule has 1 unspecified atom stereocenters. The van der Waals surface area contributed by atoms with Gasteiger partial charge in [-0.05, 0) is 28.9 Å². The molecule has 0 saturated heterocycles. The summed E-state index contributed by atoms with van der Waals surface area (Å²) in [5.41, 5.74) is -0.484. The van der Waals surface area contributed by atoms with E-state index in [0.717, 1.165) is 9.35 Å². The molecule has 2 nitrogen and oxygen atoms in total. The van der Waals surface area contributed by atoms with Gasteiger partial charge in [0, 0.05) is 20.8 Å². The minimum atomic E-state index is -0.484. The van der Waals surface area contributed by atoms with Crippen molar-refractivity contribution in [2.45, 2.75) is 18.9 Å². The van der Waals surface area contributed by atoms with E-state index in [1.54, 1.807) is 11.3 Å². The summed E-state index contributed by atoms with van der Waals surface area (Å²) in [7, 11) is 0. The second kappa shape index (κ2) is 3.51. The van der Waals surface area contributed by atoms with E-state index in [1.165, 1.54) is 12.3 Å². The molecule has 0 aromatic carbocycles. The predicted molar refractivity (Wildman–Crippen MR) is 59.2 cm³/mol. The van der Waals surface area contributed by atoms with Crippen LogP contribution in [0.5, 0.6) is 0 Å². The van der Waals surface area contributed by atoms with Crippen LogP contribution in [0.1, 0.15) is 18.2 Å². The summed E-state index contributed by atoms with van der Waals surface area (Å²) in [5.74, 6) is 0.114. The molecule has 0 fully saturated rings. The molecule has 4 heteroatoms. The molecule has 14 heavy (non-hydrogen) atoms. The fraction of sp³-hybridized carbons (Fsp3) is 0.300. The summed E-state index contributed by atoms with van der Waals surface area (Å²) in [5, 5.41) is 1.99. The van der Waals surface area contributed by atoms with E-state index < -0.39 is 5.60 Å². The van der Waals surface area contributed by atoms with Crippen LogP contribution in [0.15, 0.2) is 28.3 Å². The Balaban J connectivity index is 2.33. The van der Waals surface area contributed by atoms with Gasteiger partial charge < -0.3 is 4.74 Å². The molecule has 2 heterocycles. The molecule has 0 spiro atoms. The lowest BCUT2D eigenvalue weighted by molar-refractivity contribution is -0.121. The van der Waals surface area contributed by atoms with Crippen LogP contribution in [0.4, 0.5) is 0 Å². The number of hydrogen-bond donors (Lipinski definition) is 0. The lowest BCUT2D eigenvalue weighted by Gasteiger charge is -2.29. The van der Waals surface area contributed by atoms with Gasteiger partial charge in [0.1, 0.15) is 5.60 Å². The number of carbonyl (C=O) groups is 1. The van der Waals surface area contributed by atoms with E-state index in [1.807, 2.05) is 18.4 Å². The van der Waals surface area contributed by atoms with Crippen LogP contribution in [0, 0.1) is 0 Å². The van der Waals surface area contributed by atoms with Gasteiger partial charge >= 0.3 is 0 Å². The predicted octanol–water partition coefficient (Wildman–Crippen LogP) is 3.23. The molecule has 74 valence electrons. The van der Waals surface area contributed by atoms with Crippen molar-refractivity contribution in [1.29, 1.82) is 0 Å².